The van der Waals surface area contributed by atoms with Crippen molar-refractivity contribution in [1.29, 1.82) is 0 Å². The maximum Gasteiger partial charge on any atom is 0.357 e. The van der Waals surface area contributed by atoms with Crippen LogP contribution in [0.15, 0.2) is 23.2 Å². The van der Waals surface area contributed by atoms with Gasteiger partial charge in [0, 0.05) is 31.2 Å². The van der Waals surface area contributed by atoms with E-state index in [9.17, 15) is 22.3 Å². The van der Waals surface area contributed by atoms with Crippen molar-refractivity contribution >= 4 is 10.1 Å². The van der Waals surface area contributed by atoms with E-state index in [-0.39, 0.29) is 24.0 Å². The van der Waals surface area contributed by atoms with Gasteiger partial charge in [0.1, 0.15) is 23.2 Å². The molecule has 2 aromatic rings. The number of benzene rings is 1. The molecule has 0 aliphatic carbocycles. The highest BCUT2D eigenvalue weighted by atomic mass is 32.2. The lowest BCUT2D eigenvalue weighted by Gasteiger charge is -2.14. The van der Waals surface area contributed by atoms with Crippen LogP contribution in [0.5, 0.6) is 5.75 Å². The summed E-state index contributed by atoms with van der Waals surface area (Å²) in [6.45, 7) is 5.89. The second-order valence-electron chi connectivity index (χ2n) is 7.20. The quantitative estimate of drug-likeness (QED) is 0.427. The van der Waals surface area contributed by atoms with E-state index in [1.807, 2.05) is 0 Å². The van der Waals surface area contributed by atoms with Gasteiger partial charge in [-0.2, -0.15) is 8.42 Å². The summed E-state index contributed by atoms with van der Waals surface area (Å²) >= 11 is 0. The number of aliphatic hydroxyl groups excluding tert-OH is 1. The van der Waals surface area contributed by atoms with Crippen LogP contribution in [-0.4, -0.2) is 29.7 Å². The molecule has 162 valence electrons. The summed E-state index contributed by atoms with van der Waals surface area (Å²) < 4.78 is 59.7. The van der Waals surface area contributed by atoms with Crippen LogP contribution in [0.25, 0.3) is 0 Å². The topological polar surface area (TPSA) is 81.4 Å². The molecule has 0 saturated carbocycles. The van der Waals surface area contributed by atoms with E-state index in [0.717, 1.165) is 37.8 Å². The number of aromatic nitrogens is 2. The van der Waals surface area contributed by atoms with Crippen LogP contribution in [0, 0.1) is 11.6 Å². The third-order valence-electron chi connectivity index (χ3n) is 4.42. The summed E-state index contributed by atoms with van der Waals surface area (Å²) in [6.07, 6.45) is 3.89. The van der Waals surface area contributed by atoms with E-state index < -0.39 is 27.5 Å². The summed E-state index contributed by atoms with van der Waals surface area (Å²) in [7, 11) is -4.41. The van der Waals surface area contributed by atoms with Crippen LogP contribution in [0.3, 0.4) is 0 Å². The summed E-state index contributed by atoms with van der Waals surface area (Å²) in [5.74, 6) is -2.11. The summed E-state index contributed by atoms with van der Waals surface area (Å²) in [6, 6.07) is 2.26. The molecule has 1 heterocycles. The minimum absolute atomic E-state index is 0.128. The smallest absolute Gasteiger partial charge is 0.357 e. The Morgan fingerprint density at radius 1 is 1.14 bits per heavy atom. The van der Waals surface area contributed by atoms with Gasteiger partial charge in [0.05, 0.1) is 12.3 Å². The molecule has 9 heteroatoms. The van der Waals surface area contributed by atoms with Crippen molar-refractivity contribution < 1.29 is 26.5 Å². The van der Waals surface area contributed by atoms with Crippen molar-refractivity contribution in [3.05, 3.63) is 41.4 Å². The molecule has 0 amide bonds. The van der Waals surface area contributed by atoms with Gasteiger partial charge >= 0.3 is 10.1 Å². The molecule has 0 unspecified atom stereocenters. The Morgan fingerprint density at radius 2 is 1.79 bits per heavy atom. The van der Waals surface area contributed by atoms with Crippen molar-refractivity contribution in [3.63, 3.8) is 0 Å². The van der Waals surface area contributed by atoms with Crippen LogP contribution >= 0.6 is 0 Å². The fourth-order valence-electron chi connectivity index (χ4n) is 3.10. The predicted octanol–water partition coefficient (Wildman–Crippen LogP) is 4.17. The van der Waals surface area contributed by atoms with Gasteiger partial charge in [-0.15, -0.1) is 0 Å². The zero-order valence-electron chi connectivity index (χ0n) is 17.0. The van der Waals surface area contributed by atoms with E-state index in [4.69, 9.17) is 4.18 Å². The highest BCUT2D eigenvalue weighted by Gasteiger charge is 2.31. The Hall–Kier alpha value is -2.00. The molecule has 0 fully saturated rings. The lowest BCUT2D eigenvalue weighted by Crippen LogP contribution is -2.19. The summed E-state index contributed by atoms with van der Waals surface area (Å²) in [5.41, 5.74) is 0.306. The third kappa shape index (κ3) is 5.99. The van der Waals surface area contributed by atoms with E-state index in [0.29, 0.717) is 24.1 Å². The summed E-state index contributed by atoms with van der Waals surface area (Å²) in [4.78, 5) is 4.44. The van der Waals surface area contributed by atoms with Gasteiger partial charge in [-0.3, -0.25) is 0 Å². The first-order chi connectivity index (χ1) is 13.7. The van der Waals surface area contributed by atoms with Crippen molar-refractivity contribution in [1.82, 2.24) is 9.55 Å². The number of halogens is 2. The average molecular weight is 431 g/mol. The Kier molecular flexibility index (Phi) is 8.15. The number of unbranched alkanes of at least 4 members (excludes halogenated alkanes) is 3. The molecule has 2 rings (SSSR count). The van der Waals surface area contributed by atoms with Gasteiger partial charge in [0.2, 0.25) is 0 Å². The standard InChI is InChI=1S/C20H28F2N2O4S/c1-4-5-6-7-9-24-18(8-10-25)23-19(14(2)3)20(24)29(26,27)28-17-12-15(21)11-16(22)13-17/h11-14,25H,4-10H2,1-3H3. The Balaban J connectivity index is 2.50. The normalized spacial score (nSPS) is 12.0. The van der Waals surface area contributed by atoms with Crippen molar-refractivity contribution in [3.8, 4) is 5.75 Å². The number of nitrogens with zero attached hydrogens (tertiary/aromatic N) is 2. The molecule has 0 radical (unpaired) electrons. The van der Waals surface area contributed by atoms with Crippen LogP contribution in [0.1, 0.15) is 63.9 Å². The molecule has 0 bridgehead atoms. The highest BCUT2D eigenvalue weighted by Crippen LogP contribution is 2.29. The van der Waals surface area contributed by atoms with Crippen LogP contribution in [-0.2, 0) is 23.1 Å². The number of rotatable bonds is 11. The Labute approximate surface area is 170 Å². The van der Waals surface area contributed by atoms with Crippen molar-refractivity contribution in [2.75, 3.05) is 6.61 Å². The fourth-order valence-corrected chi connectivity index (χ4v) is 4.54. The molecule has 0 saturated heterocycles. The molecule has 1 N–H and O–H groups in total. The van der Waals surface area contributed by atoms with Crippen LogP contribution in [0.4, 0.5) is 8.78 Å². The molecular formula is C20H28F2N2O4S. The highest BCUT2D eigenvalue weighted by molar-refractivity contribution is 7.87. The van der Waals surface area contributed by atoms with Crippen molar-refractivity contribution in [2.24, 2.45) is 0 Å². The van der Waals surface area contributed by atoms with Gasteiger partial charge in [-0.1, -0.05) is 40.0 Å². The van der Waals surface area contributed by atoms with Gasteiger partial charge in [-0.05, 0) is 12.3 Å². The average Bonchev–Trinajstić information content (AvgIpc) is 2.97. The molecule has 0 aliphatic rings. The molecule has 6 nitrogen and oxygen atoms in total. The second-order valence-corrected chi connectivity index (χ2v) is 8.66. The minimum atomic E-state index is -4.41. The lowest BCUT2D eigenvalue weighted by atomic mass is 10.1. The molecule has 0 atom stereocenters. The molecule has 1 aromatic heterocycles. The zero-order valence-corrected chi connectivity index (χ0v) is 17.8. The van der Waals surface area contributed by atoms with Gasteiger partial charge in [-0.25, -0.2) is 13.8 Å². The lowest BCUT2D eigenvalue weighted by molar-refractivity contribution is 0.293. The van der Waals surface area contributed by atoms with Gasteiger partial charge < -0.3 is 13.9 Å². The number of aliphatic hydroxyl groups is 1. The van der Waals surface area contributed by atoms with Gasteiger partial charge in [0.15, 0.2) is 5.03 Å². The third-order valence-corrected chi connectivity index (χ3v) is 5.74. The number of hydrogen-bond acceptors (Lipinski definition) is 5. The molecular weight excluding hydrogens is 402 g/mol. The fraction of sp³-hybridized carbons (Fsp3) is 0.550. The molecule has 29 heavy (non-hydrogen) atoms. The number of hydrogen-bond donors (Lipinski definition) is 1. The van der Waals surface area contributed by atoms with E-state index in [2.05, 4.69) is 11.9 Å². The van der Waals surface area contributed by atoms with E-state index >= 15 is 0 Å². The van der Waals surface area contributed by atoms with Crippen LogP contribution < -0.4 is 4.18 Å². The second kappa shape index (κ2) is 10.2. The first-order valence-electron chi connectivity index (χ1n) is 9.80. The maximum atomic E-state index is 13.5. The zero-order chi connectivity index (χ0) is 21.6. The predicted molar refractivity (Wildman–Crippen MR) is 105 cm³/mol. The number of imidazole rings is 1. The molecule has 0 aliphatic heterocycles. The largest absolute Gasteiger partial charge is 0.396 e. The SMILES string of the molecule is CCCCCCn1c(CCO)nc(C(C)C)c1S(=O)(=O)Oc1cc(F)cc(F)c1. The van der Waals surface area contributed by atoms with Crippen LogP contribution in [0.2, 0.25) is 0 Å². The minimum Gasteiger partial charge on any atom is -0.396 e. The first kappa shape index (κ1) is 23.3. The van der Waals surface area contributed by atoms with Gasteiger partial charge in [0.25, 0.3) is 0 Å². The van der Waals surface area contributed by atoms with E-state index in [1.54, 1.807) is 18.4 Å². The van der Waals surface area contributed by atoms with E-state index in [1.165, 1.54) is 0 Å². The Bertz CT molecular complexity index is 907. The first-order valence-corrected chi connectivity index (χ1v) is 11.2. The molecule has 0 spiro atoms. The maximum absolute atomic E-state index is 13.5. The summed E-state index contributed by atoms with van der Waals surface area (Å²) in [5, 5.41) is 9.25. The Morgan fingerprint density at radius 3 is 2.34 bits per heavy atom. The van der Waals surface area contributed by atoms with Crippen molar-refractivity contribution in [2.45, 2.75) is 70.4 Å². The molecule has 1 aromatic carbocycles. The monoisotopic (exact) mass is 430 g/mol.